The number of benzene rings is 2. The zero-order valence-electron chi connectivity index (χ0n) is 15.2. The average Bonchev–Trinajstić information content (AvgIpc) is 2.63. The molecular weight excluding hydrogens is 391 g/mol. The summed E-state index contributed by atoms with van der Waals surface area (Å²) >= 11 is 5.86. The van der Waals surface area contributed by atoms with Crippen molar-refractivity contribution in [2.75, 3.05) is 24.4 Å². The molecule has 148 valence electrons. The number of esters is 1. The van der Waals surface area contributed by atoms with Gasteiger partial charge in [0.25, 0.3) is 5.91 Å². The number of ether oxygens (including phenoxy) is 2. The molecule has 0 bridgehead atoms. The number of nitrogens with one attached hydrogen (secondary N) is 2. The normalized spacial score (nSPS) is 10.1. The van der Waals surface area contributed by atoms with Gasteiger partial charge < -0.3 is 20.1 Å². The molecule has 0 spiro atoms. The Morgan fingerprint density at radius 3 is 2.54 bits per heavy atom. The maximum Gasteiger partial charge on any atom is 0.310 e. The van der Waals surface area contributed by atoms with Gasteiger partial charge in [0, 0.05) is 23.2 Å². The fourth-order valence-corrected chi connectivity index (χ4v) is 2.55. The third kappa shape index (κ3) is 5.95. The van der Waals surface area contributed by atoms with Gasteiger partial charge in [-0.3, -0.25) is 14.4 Å². The summed E-state index contributed by atoms with van der Waals surface area (Å²) in [7, 11) is 1.42. The third-order valence-electron chi connectivity index (χ3n) is 3.54. The number of methoxy groups -OCH3 is 1. The highest BCUT2D eigenvalue weighted by molar-refractivity contribution is 6.31. The van der Waals surface area contributed by atoms with E-state index < -0.39 is 30.7 Å². The van der Waals surface area contributed by atoms with Gasteiger partial charge in [0.1, 0.15) is 11.6 Å². The molecule has 2 aromatic carbocycles. The summed E-state index contributed by atoms with van der Waals surface area (Å²) < 4.78 is 23.7. The van der Waals surface area contributed by atoms with Crippen LogP contribution in [0.5, 0.6) is 5.75 Å². The van der Waals surface area contributed by atoms with Crippen LogP contribution in [0.15, 0.2) is 36.4 Å². The van der Waals surface area contributed by atoms with Crippen molar-refractivity contribution in [2.24, 2.45) is 0 Å². The van der Waals surface area contributed by atoms with Crippen molar-refractivity contribution in [1.82, 2.24) is 0 Å². The summed E-state index contributed by atoms with van der Waals surface area (Å²) in [6.07, 6.45) is -0.403. The number of carbonyl (C=O) groups excluding carboxylic acids is 3. The Hall–Kier alpha value is -3.13. The number of anilines is 2. The molecule has 0 fully saturated rings. The second-order valence-electron chi connectivity index (χ2n) is 5.68. The van der Waals surface area contributed by atoms with Gasteiger partial charge in [-0.15, -0.1) is 0 Å². The summed E-state index contributed by atoms with van der Waals surface area (Å²) in [5, 5.41) is 5.20. The van der Waals surface area contributed by atoms with Crippen LogP contribution in [0.25, 0.3) is 0 Å². The molecule has 2 rings (SSSR count). The van der Waals surface area contributed by atoms with Gasteiger partial charge in [0.05, 0.1) is 19.2 Å². The molecule has 7 nitrogen and oxygen atoms in total. The van der Waals surface area contributed by atoms with Gasteiger partial charge in [-0.25, -0.2) is 4.39 Å². The standard InChI is InChI=1S/C19H18ClFN2O5/c1-11(24)22-12-6-7-17(27-2)16(8-12)23-18(25)10-28-19(26)9-13-14(20)4-3-5-15(13)21/h3-8H,9-10H2,1-2H3,(H,22,24)(H,23,25). The van der Waals surface area contributed by atoms with E-state index in [-0.39, 0.29) is 22.2 Å². The molecule has 0 saturated heterocycles. The van der Waals surface area contributed by atoms with Gasteiger partial charge in [-0.05, 0) is 30.3 Å². The predicted molar refractivity (Wildman–Crippen MR) is 102 cm³/mol. The fourth-order valence-electron chi connectivity index (χ4n) is 2.32. The van der Waals surface area contributed by atoms with Crippen LogP contribution in [-0.2, 0) is 25.5 Å². The molecule has 0 heterocycles. The molecule has 0 aromatic heterocycles. The highest BCUT2D eigenvalue weighted by atomic mass is 35.5. The first-order valence-corrected chi connectivity index (χ1v) is 8.52. The molecule has 0 radical (unpaired) electrons. The molecular formula is C19H18ClFN2O5. The van der Waals surface area contributed by atoms with Crippen LogP contribution in [-0.4, -0.2) is 31.5 Å². The second-order valence-corrected chi connectivity index (χ2v) is 6.09. The Morgan fingerprint density at radius 2 is 1.89 bits per heavy atom. The summed E-state index contributed by atoms with van der Waals surface area (Å²) in [5.41, 5.74) is 0.737. The molecule has 2 N–H and O–H groups in total. The van der Waals surface area contributed by atoms with Crippen molar-refractivity contribution < 1.29 is 28.2 Å². The van der Waals surface area contributed by atoms with Gasteiger partial charge in [-0.1, -0.05) is 17.7 Å². The predicted octanol–water partition coefficient (Wildman–Crippen LogP) is 3.17. The smallest absolute Gasteiger partial charge is 0.310 e. The van der Waals surface area contributed by atoms with Crippen molar-refractivity contribution in [3.8, 4) is 5.75 Å². The summed E-state index contributed by atoms with van der Waals surface area (Å²) in [6.45, 7) is 0.766. The van der Waals surface area contributed by atoms with Crippen LogP contribution in [0.1, 0.15) is 12.5 Å². The molecule has 0 unspecified atom stereocenters. The number of hydrogen-bond acceptors (Lipinski definition) is 5. The monoisotopic (exact) mass is 408 g/mol. The van der Waals surface area contributed by atoms with Crippen LogP contribution in [0.3, 0.4) is 0 Å². The lowest BCUT2D eigenvalue weighted by atomic mass is 10.1. The molecule has 0 aliphatic heterocycles. The lowest BCUT2D eigenvalue weighted by Crippen LogP contribution is -2.22. The Kier molecular flexibility index (Phi) is 7.34. The highest BCUT2D eigenvalue weighted by Crippen LogP contribution is 2.28. The van der Waals surface area contributed by atoms with E-state index in [9.17, 15) is 18.8 Å². The third-order valence-corrected chi connectivity index (χ3v) is 3.90. The van der Waals surface area contributed by atoms with E-state index in [1.807, 2.05) is 0 Å². The van der Waals surface area contributed by atoms with Crippen LogP contribution in [0, 0.1) is 5.82 Å². The average molecular weight is 409 g/mol. The van der Waals surface area contributed by atoms with Gasteiger partial charge in [0.15, 0.2) is 6.61 Å². The van der Waals surface area contributed by atoms with Gasteiger partial charge in [-0.2, -0.15) is 0 Å². The molecule has 0 saturated carbocycles. The van der Waals surface area contributed by atoms with Crippen molar-refractivity contribution in [3.05, 3.63) is 52.8 Å². The molecule has 2 aromatic rings. The van der Waals surface area contributed by atoms with Crippen molar-refractivity contribution in [2.45, 2.75) is 13.3 Å². The molecule has 28 heavy (non-hydrogen) atoms. The van der Waals surface area contributed by atoms with Crippen LogP contribution in [0.2, 0.25) is 5.02 Å². The highest BCUT2D eigenvalue weighted by Gasteiger charge is 2.15. The van der Waals surface area contributed by atoms with E-state index in [4.69, 9.17) is 21.1 Å². The summed E-state index contributed by atoms with van der Waals surface area (Å²) in [4.78, 5) is 35.1. The van der Waals surface area contributed by atoms with E-state index in [0.717, 1.165) is 0 Å². The number of hydrogen-bond donors (Lipinski definition) is 2. The molecule has 0 atom stereocenters. The number of rotatable bonds is 7. The Labute approximate surface area is 165 Å². The number of halogens is 2. The Bertz CT molecular complexity index is 884. The molecule has 2 amide bonds. The van der Waals surface area contributed by atoms with E-state index >= 15 is 0 Å². The maximum absolute atomic E-state index is 13.7. The van der Waals surface area contributed by atoms with Crippen molar-refractivity contribution in [3.63, 3.8) is 0 Å². The number of amides is 2. The Balaban J connectivity index is 1.96. The number of carbonyl (C=O) groups is 3. The largest absolute Gasteiger partial charge is 0.495 e. The van der Waals surface area contributed by atoms with Crippen molar-refractivity contribution >= 4 is 40.8 Å². The first kappa shape index (κ1) is 21.2. The zero-order chi connectivity index (χ0) is 20.7. The van der Waals surface area contributed by atoms with Gasteiger partial charge >= 0.3 is 5.97 Å². The Morgan fingerprint density at radius 1 is 1.14 bits per heavy atom. The van der Waals surface area contributed by atoms with Crippen LogP contribution < -0.4 is 15.4 Å². The first-order valence-electron chi connectivity index (χ1n) is 8.14. The topological polar surface area (TPSA) is 93.7 Å². The first-order chi connectivity index (χ1) is 13.3. The molecule has 0 aliphatic carbocycles. The maximum atomic E-state index is 13.7. The minimum absolute atomic E-state index is 0.000692. The van der Waals surface area contributed by atoms with E-state index in [2.05, 4.69) is 10.6 Å². The lowest BCUT2D eigenvalue weighted by molar-refractivity contribution is -0.146. The van der Waals surface area contributed by atoms with E-state index in [1.54, 1.807) is 12.1 Å². The van der Waals surface area contributed by atoms with Gasteiger partial charge in [0.2, 0.25) is 5.91 Å². The minimum Gasteiger partial charge on any atom is -0.495 e. The minimum atomic E-state index is -0.805. The summed E-state index contributed by atoms with van der Waals surface area (Å²) in [5.74, 6) is -1.99. The molecule has 9 heteroatoms. The SMILES string of the molecule is COc1ccc(NC(C)=O)cc1NC(=O)COC(=O)Cc1c(F)cccc1Cl. The van der Waals surface area contributed by atoms with E-state index in [0.29, 0.717) is 11.4 Å². The second kappa shape index (κ2) is 9.70. The van der Waals surface area contributed by atoms with Crippen LogP contribution >= 0.6 is 11.6 Å². The molecule has 0 aliphatic rings. The van der Waals surface area contributed by atoms with Crippen LogP contribution in [0.4, 0.5) is 15.8 Å². The zero-order valence-corrected chi connectivity index (χ0v) is 15.9. The van der Waals surface area contributed by atoms with E-state index in [1.165, 1.54) is 38.3 Å². The van der Waals surface area contributed by atoms with Crippen molar-refractivity contribution in [1.29, 1.82) is 0 Å². The quantitative estimate of drug-likeness (QED) is 0.686. The lowest BCUT2D eigenvalue weighted by Gasteiger charge is -2.12. The fraction of sp³-hybridized carbons (Fsp3) is 0.211. The summed E-state index contributed by atoms with van der Waals surface area (Å²) in [6, 6.07) is 8.71.